The van der Waals surface area contributed by atoms with Crippen molar-refractivity contribution >= 4 is 21.9 Å². The molecule has 0 atom stereocenters. The first-order chi connectivity index (χ1) is 15.8. The smallest absolute Gasteiger partial charge is 0.146 e. The monoisotopic (exact) mass is 430 g/mol. The Morgan fingerprint density at radius 1 is 0.939 bits per heavy atom. The van der Waals surface area contributed by atoms with Crippen LogP contribution >= 0.6 is 0 Å². The van der Waals surface area contributed by atoms with Gasteiger partial charge in [0.2, 0.25) is 0 Å². The minimum absolute atomic E-state index is 0.177. The van der Waals surface area contributed by atoms with E-state index in [1.807, 2.05) is 42.6 Å². The highest BCUT2D eigenvalue weighted by Crippen LogP contribution is 2.39. The van der Waals surface area contributed by atoms with E-state index >= 15 is 0 Å². The van der Waals surface area contributed by atoms with Gasteiger partial charge in [-0.25, -0.2) is 0 Å². The number of nitrogens with zero attached hydrogens (tertiary/aromatic N) is 2. The second-order valence-corrected chi connectivity index (χ2v) is 9.89. The molecule has 2 heterocycles. The zero-order chi connectivity index (χ0) is 23.2. The molecule has 3 aromatic carbocycles. The van der Waals surface area contributed by atoms with Crippen LogP contribution in [-0.4, -0.2) is 4.98 Å². The molecule has 0 N–H and O–H groups in total. The van der Waals surface area contributed by atoms with E-state index in [4.69, 9.17) is 9.40 Å². The average Bonchev–Trinajstić information content (AvgIpc) is 3.19. The Morgan fingerprint density at radius 2 is 1.73 bits per heavy atom. The molecule has 33 heavy (non-hydrogen) atoms. The van der Waals surface area contributed by atoms with Crippen LogP contribution < -0.4 is 0 Å². The van der Waals surface area contributed by atoms with Gasteiger partial charge in [0.25, 0.3) is 0 Å². The molecule has 0 saturated carbocycles. The first-order valence-electron chi connectivity index (χ1n) is 11.2. The molecular weight excluding hydrogens is 404 g/mol. The van der Waals surface area contributed by atoms with E-state index in [-0.39, 0.29) is 5.41 Å². The maximum absolute atomic E-state index is 9.86. The van der Waals surface area contributed by atoms with Crippen molar-refractivity contribution in [3.05, 3.63) is 89.6 Å². The van der Waals surface area contributed by atoms with Crippen LogP contribution in [0.2, 0.25) is 0 Å². The summed E-state index contributed by atoms with van der Waals surface area (Å²) in [5.74, 6) is 0. The van der Waals surface area contributed by atoms with Gasteiger partial charge in [-0.15, -0.1) is 0 Å². The van der Waals surface area contributed by atoms with Crippen molar-refractivity contribution in [2.45, 2.75) is 34.1 Å². The Kier molecular flexibility index (Phi) is 5.02. The molecule has 0 amide bonds. The molecule has 0 bridgehead atoms. The van der Waals surface area contributed by atoms with Crippen molar-refractivity contribution in [2.75, 3.05) is 0 Å². The van der Waals surface area contributed by atoms with E-state index in [1.165, 1.54) is 11.1 Å². The topological polar surface area (TPSA) is 49.8 Å². The number of fused-ring (bicyclic) bond motifs is 3. The quantitative estimate of drug-likeness (QED) is 0.291. The summed E-state index contributed by atoms with van der Waals surface area (Å²) in [5.41, 5.74) is 8.77. The average molecular weight is 431 g/mol. The number of rotatable bonds is 3. The number of hydrogen-bond donors (Lipinski definition) is 0. The summed E-state index contributed by atoms with van der Waals surface area (Å²) < 4.78 is 6.35. The van der Waals surface area contributed by atoms with E-state index in [0.717, 1.165) is 45.2 Å². The fraction of sp³-hybridized carbons (Fsp3) is 0.200. The molecule has 162 valence electrons. The lowest BCUT2D eigenvalue weighted by atomic mass is 9.86. The van der Waals surface area contributed by atoms with Gasteiger partial charge in [0.1, 0.15) is 11.2 Å². The van der Waals surface area contributed by atoms with Crippen molar-refractivity contribution in [3.63, 3.8) is 0 Å². The van der Waals surface area contributed by atoms with Gasteiger partial charge in [-0.05, 0) is 71.3 Å². The zero-order valence-corrected chi connectivity index (χ0v) is 19.4. The van der Waals surface area contributed by atoms with Crippen LogP contribution in [0.1, 0.15) is 37.5 Å². The van der Waals surface area contributed by atoms with Crippen LogP contribution in [0.4, 0.5) is 0 Å². The van der Waals surface area contributed by atoms with E-state index < -0.39 is 0 Å². The van der Waals surface area contributed by atoms with Gasteiger partial charge in [-0.3, -0.25) is 4.98 Å². The van der Waals surface area contributed by atoms with Crippen LogP contribution in [0, 0.1) is 23.7 Å². The van der Waals surface area contributed by atoms with E-state index in [9.17, 15) is 5.26 Å². The molecular formula is C30H26N2O. The molecule has 2 aromatic heterocycles. The summed E-state index contributed by atoms with van der Waals surface area (Å²) in [6.45, 7) is 8.85. The SMILES string of the molecule is Cc1cnc(-c2ccc(C#N)c3c2oc2ccc(-c4ccccc4)cc23)cc1CC(C)(C)C. The number of pyridine rings is 1. The van der Waals surface area contributed by atoms with Gasteiger partial charge in [0, 0.05) is 22.5 Å². The highest BCUT2D eigenvalue weighted by atomic mass is 16.3. The maximum atomic E-state index is 9.86. The molecule has 0 aliphatic carbocycles. The second-order valence-electron chi connectivity index (χ2n) is 9.89. The molecule has 5 rings (SSSR count). The van der Waals surface area contributed by atoms with Crippen LogP contribution in [-0.2, 0) is 6.42 Å². The first-order valence-corrected chi connectivity index (χ1v) is 11.2. The van der Waals surface area contributed by atoms with E-state index in [2.05, 4.69) is 64.1 Å². The van der Waals surface area contributed by atoms with Crippen molar-refractivity contribution in [3.8, 4) is 28.5 Å². The Hall–Kier alpha value is -3.90. The summed E-state index contributed by atoms with van der Waals surface area (Å²) in [4.78, 5) is 4.74. The van der Waals surface area contributed by atoms with Crippen LogP contribution in [0.15, 0.2) is 77.3 Å². The molecule has 0 spiro atoms. The molecule has 0 unspecified atom stereocenters. The van der Waals surface area contributed by atoms with Gasteiger partial charge >= 0.3 is 0 Å². The number of aryl methyl sites for hydroxylation is 1. The molecule has 5 aromatic rings. The second kappa shape index (κ2) is 7.90. The van der Waals surface area contributed by atoms with Crippen LogP contribution in [0.5, 0.6) is 0 Å². The van der Waals surface area contributed by atoms with Crippen molar-refractivity contribution in [2.24, 2.45) is 5.41 Å². The fourth-order valence-electron chi connectivity index (χ4n) is 4.46. The highest BCUT2D eigenvalue weighted by molar-refractivity contribution is 6.12. The van der Waals surface area contributed by atoms with E-state index in [0.29, 0.717) is 11.1 Å². The summed E-state index contributed by atoms with van der Waals surface area (Å²) >= 11 is 0. The number of furan rings is 1. The third kappa shape index (κ3) is 3.90. The van der Waals surface area contributed by atoms with Crippen molar-refractivity contribution in [1.82, 2.24) is 4.98 Å². The Bertz CT molecular complexity index is 1530. The maximum Gasteiger partial charge on any atom is 0.146 e. The van der Waals surface area contributed by atoms with Gasteiger partial charge in [-0.2, -0.15) is 5.26 Å². The normalized spacial score (nSPS) is 11.7. The molecule has 3 heteroatoms. The minimum atomic E-state index is 0.177. The van der Waals surface area contributed by atoms with E-state index in [1.54, 1.807) is 0 Å². The summed E-state index contributed by atoms with van der Waals surface area (Å²) in [6, 6.07) is 24.8. The highest BCUT2D eigenvalue weighted by Gasteiger charge is 2.19. The van der Waals surface area contributed by atoms with Crippen LogP contribution in [0.25, 0.3) is 44.3 Å². The molecule has 0 aliphatic heterocycles. The molecule has 0 saturated heterocycles. The predicted molar refractivity (Wildman–Crippen MR) is 135 cm³/mol. The third-order valence-corrected chi connectivity index (χ3v) is 6.06. The number of aromatic nitrogens is 1. The molecule has 0 fully saturated rings. The van der Waals surface area contributed by atoms with Gasteiger partial charge in [-0.1, -0.05) is 57.2 Å². The lowest BCUT2D eigenvalue weighted by Gasteiger charge is -2.20. The number of hydrogen-bond acceptors (Lipinski definition) is 3. The molecule has 0 radical (unpaired) electrons. The zero-order valence-electron chi connectivity index (χ0n) is 19.4. The van der Waals surface area contributed by atoms with Crippen LogP contribution in [0.3, 0.4) is 0 Å². The van der Waals surface area contributed by atoms with Crippen molar-refractivity contribution in [1.29, 1.82) is 5.26 Å². The predicted octanol–water partition coefficient (Wildman–Crippen LogP) is 8.08. The summed E-state index contributed by atoms with van der Waals surface area (Å²) in [5, 5.41) is 11.7. The fourth-order valence-corrected chi connectivity index (χ4v) is 4.46. The third-order valence-electron chi connectivity index (χ3n) is 6.06. The number of nitriles is 1. The lowest BCUT2D eigenvalue weighted by Crippen LogP contribution is -2.10. The molecule has 0 aliphatic rings. The Labute approximate surface area is 194 Å². The lowest BCUT2D eigenvalue weighted by molar-refractivity contribution is 0.410. The number of benzene rings is 3. The molecule has 3 nitrogen and oxygen atoms in total. The Balaban J connectivity index is 1.74. The van der Waals surface area contributed by atoms with Gasteiger partial charge < -0.3 is 4.42 Å². The van der Waals surface area contributed by atoms with Gasteiger partial charge in [0.05, 0.1) is 17.3 Å². The summed E-state index contributed by atoms with van der Waals surface area (Å²) in [7, 11) is 0. The minimum Gasteiger partial charge on any atom is -0.455 e. The summed E-state index contributed by atoms with van der Waals surface area (Å²) in [6.07, 6.45) is 2.91. The largest absolute Gasteiger partial charge is 0.455 e. The first kappa shape index (κ1) is 21.0. The Morgan fingerprint density at radius 3 is 2.45 bits per heavy atom. The standard InChI is InChI=1S/C30H26N2O/c1-19-18-32-26(15-23(19)16-30(2,3)4)24-12-10-22(17-31)28-25-14-21(20-8-6-5-7-9-20)11-13-27(25)33-29(24)28/h5-15,18H,16H2,1-4H3. The van der Waals surface area contributed by atoms with Crippen molar-refractivity contribution < 1.29 is 4.42 Å². The van der Waals surface area contributed by atoms with Gasteiger partial charge in [0.15, 0.2) is 0 Å².